The van der Waals surface area contributed by atoms with Crippen molar-refractivity contribution in [2.75, 3.05) is 0 Å². The number of aliphatic hydroxyl groups excluding tert-OH is 1. The summed E-state index contributed by atoms with van der Waals surface area (Å²) >= 11 is 0. The van der Waals surface area contributed by atoms with Crippen LogP contribution in [0.5, 0.6) is 0 Å². The van der Waals surface area contributed by atoms with Gasteiger partial charge in [0.15, 0.2) is 0 Å². The molecule has 0 bridgehead atoms. The summed E-state index contributed by atoms with van der Waals surface area (Å²) in [4.78, 5) is 9.35. The van der Waals surface area contributed by atoms with Crippen LogP contribution >= 0.6 is 0 Å². The van der Waals surface area contributed by atoms with Crippen molar-refractivity contribution in [1.82, 2.24) is 4.98 Å². The normalized spacial score (nSPS) is 27.5. The Balaban J connectivity index is 1.85. The summed E-state index contributed by atoms with van der Waals surface area (Å²) in [7, 11) is 0. The van der Waals surface area contributed by atoms with Crippen molar-refractivity contribution >= 4 is 11.5 Å². The lowest BCUT2D eigenvalue weighted by Gasteiger charge is -2.46. The maximum Gasteiger partial charge on any atom is 0.140 e. The number of aromatic nitrogens is 1. The summed E-state index contributed by atoms with van der Waals surface area (Å²) < 4.78 is 0. The van der Waals surface area contributed by atoms with Crippen LogP contribution in [0, 0.1) is 22.7 Å². The van der Waals surface area contributed by atoms with Gasteiger partial charge in [0.05, 0.1) is 17.4 Å². The molecule has 1 aromatic heterocycles. The molecule has 31 heavy (non-hydrogen) atoms. The van der Waals surface area contributed by atoms with Gasteiger partial charge in [0, 0.05) is 28.9 Å². The standard InChI is InChI=1S/C26H30N4O/c1-4-5-18-12-21(16-29-15-18)19-6-7-20-14-26(10-8-22(31)9-11-26)25(3,23(20)13-19)30-24(28)17(2)27/h6-7,12-13,15-16,22,27,31H,8-11,14H2,1-3H3,(H2,28,30)/t22-,25-,26-/m0/s1. The molecule has 1 heterocycles. The molecule has 2 aromatic rings. The summed E-state index contributed by atoms with van der Waals surface area (Å²) in [6.45, 7) is 5.66. The average Bonchev–Trinajstić information content (AvgIpc) is 2.98. The molecule has 4 rings (SSSR count). The predicted octanol–water partition coefficient (Wildman–Crippen LogP) is 4.21. The van der Waals surface area contributed by atoms with Crippen LogP contribution in [0.2, 0.25) is 0 Å². The molecule has 5 nitrogen and oxygen atoms in total. The molecule has 160 valence electrons. The Morgan fingerprint density at radius 2 is 1.97 bits per heavy atom. The smallest absolute Gasteiger partial charge is 0.140 e. The van der Waals surface area contributed by atoms with Gasteiger partial charge < -0.3 is 16.2 Å². The number of pyridine rings is 1. The molecule has 1 aromatic carbocycles. The second kappa shape index (κ2) is 7.94. The first kappa shape index (κ1) is 21.3. The van der Waals surface area contributed by atoms with Crippen molar-refractivity contribution in [2.24, 2.45) is 16.1 Å². The molecular weight excluding hydrogens is 384 g/mol. The highest BCUT2D eigenvalue weighted by molar-refractivity contribution is 6.38. The highest BCUT2D eigenvalue weighted by atomic mass is 16.3. The molecular formula is C26H30N4O. The minimum atomic E-state index is -0.543. The van der Waals surface area contributed by atoms with Gasteiger partial charge in [-0.15, -0.1) is 5.92 Å². The number of fused-ring (bicyclic) bond motifs is 1. The highest BCUT2D eigenvalue weighted by Gasteiger charge is 2.56. The number of benzene rings is 1. The Hall–Kier alpha value is -2.97. The van der Waals surface area contributed by atoms with Gasteiger partial charge in [-0.05, 0) is 81.7 Å². The van der Waals surface area contributed by atoms with Crippen LogP contribution in [0.25, 0.3) is 11.1 Å². The van der Waals surface area contributed by atoms with Crippen molar-refractivity contribution < 1.29 is 5.11 Å². The van der Waals surface area contributed by atoms with E-state index in [9.17, 15) is 5.11 Å². The average molecular weight is 415 g/mol. The number of rotatable bonds is 3. The van der Waals surface area contributed by atoms with E-state index < -0.39 is 5.54 Å². The Morgan fingerprint density at radius 3 is 2.65 bits per heavy atom. The highest BCUT2D eigenvalue weighted by Crippen LogP contribution is 2.60. The zero-order valence-corrected chi connectivity index (χ0v) is 18.5. The molecule has 4 N–H and O–H groups in total. The third-order valence-corrected chi connectivity index (χ3v) is 7.18. The molecule has 0 saturated heterocycles. The predicted molar refractivity (Wildman–Crippen MR) is 125 cm³/mol. The molecule has 1 spiro atoms. The number of aliphatic hydroxyl groups is 1. The van der Waals surface area contributed by atoms with E-state index in [1.165, 1.54) is 5.56 Å². The quantitative estimate of drug-likeness (QED) is 0.399. The third kappa shape index (κ3) is 3.66. The lowest BCUT2D eigenvalue weighted by Crippen LogP contribution is -2.44. The number of hydrogen-bond donors (Lipinski definition) is 3. The molecule has 1 fully saturated rings. The second-order valence-electron chi connectivity index (χ2n) is 9.09. The van der Waals surface area contributed by atoms with E-state index in [2.05, 4.69) is 48.0 Å². The lowest BCUT2D eigenvalue weighted by atomic mass is 9.62. The molecule has 0 unspecified atom stereocenters. The number of aliphatic imine (C=N–C) groups is 1. The summed E-state index contributed by atoms with van der Waals surface area (Å²) in [5.41, 5.74) is 11.3. The van der Waals surface area contributed by atoms with E-state index in [1.54, 1.807) is 13.1 Å². The van der Waals surface area contributed by atoms with Crippen LogP contribution in [-0.4, -0.2) is 27.7 Å². The lowest BCUT2D eigenvalue weighted by molar-refractivity contribution is 0.0257. The van der Waals surface area contributed by atoms with Crippen molar-refractivity contribution in [2.45, 2.75) is 64.5 Å². The van der Waals surface area contributed by atoms with Crippen molar-refractivity contribution in [1.29, 1.82) is 5.41 Å². The second-order valence-corrected chi connectivity index (χ2v) is 9.09. The van der Waals surface area contributed by atoms with E-state index in [-0.39, 0.29) is 23.1 Å². The number of nitrogens with two attached hydrogens (primary N) is 1. The summed E-state index contributed by atoms with van der Waals surface area (Å²) in [5, 5.41) is 18.2. The zero-order valence-electron chi connectivity index (χ0n) is 18.5. The topological polar surface area (TPSA) is 95.4 Å². The first-order chi connectivity index (χ1) is 14.8. The third-order valence-electron chi connectivity index (χ3n) is 7.18. The Bertz CT molecular complexity index is 1120. The first-order valence-corrected chi connectivity index (χ1v) is 10.9. The fourth-order valence-corrected chi connectivity index (χ4v) is 5.32. The maximum absolute atomic E-state index is 10.2. The molecule has 2 aliphatic rings. The SMILES string of the molecule is CC#Cc1cncc(-c2ccc3c(c2)[C@](C)(/N=C(/N)C(C)=N)[C@]2(CC[C@H](O)CC2)C3)c1. The number of nitrogens with zero attached hydrogens (tertiary/aromatic N) is 2. The monoisotopic (exact) mass is 414 g/mol. The van der Waals surface area contributed by atoms with Crippen LogP contribution < -0.4 is 5.73 Å². The van der Waals surface area contributed by atoms with Gasteiger partial charge >= 0.3 is 0 Å². The molecule has 1 atom stereocenters. The van der Waals surface area contributed by atoms with Crippen molar-refractivity contribution in [3.8, 4) is 23.0 Å². The van der Waals surface area contributed by atoms with Gasteiger partial charge in [-0.25, -0.2) is 0 Å². The molecule has 2 aliphatic carbocycles. The fraction of sp³-hybridized carbons (Fsp3) is 0.423. The van der Waals surface area contributed by atoms with Crippen LogP contribution in [-0.2, 0) is 12.0 Å². The maximum atomic E-state index is 10.2. The molecule has 5 heteroatoms. The largest absolute Gasteiger partial charge is 0.393 e. The molecule has 1 saturated carbocycles. The van der Waals surface area contributed by atoms with Gasteiger partial charge in [-0.3, -0.25) is 9.98 Å². The van der Waals surface area contributed by atoms with Crippen LogP contribution in [0.1, 0.15) is 63.1 Å². The minimum absolute atomic E-state index is 0.0962. The zero-order chi connectivity index (χ0) is 22.2. The van der Waals surface area contributed by atoms with Gasteiger partial charge in [0.2, 0.25) is 0 Å². The van der Waals surface area contributed by atoms with Crippen LogP contribution in [0.15, 0.2) is 41.7 Å². The van der Waals surface area contributed by atoms with Crippen molar-refractivity contribution in [3.05, 3.63) is 53.3 Å². The molecule has 0 amide bonds. The summed E-state index contributed by atoms with van der Waals surface area (Å²) in [5.74, 6) is 6.29. The summed E-state index contributed by atoms with van der Waals surface area (Å²) in [6.07, 6.45) is 7.65. The fourth-order valence-electron chi connectivity index (χ4n) is 5.32. The van der Waals surface area contributed by atoms with E-state index >= 15 is 0 Å². The Kier molecular flexibility index (Phi) is 5.45. The van der Waals surface area contributed by atoms with Gasteiger partial charge in [-0.1, -0.05) is 18.1 Å². The van der Waals surface area contributed by atoms with Gasteiger partial charge in [-0.2, -0.15) is 0 Å². The number of nitrogens with one attached hydrogen (secondary N) is 1. The van der Waals surface area contributed by atoms with E-state index in [0.29, 0.717) is 0 Å². The van der Waals surface area contributed by atoms with E-state index in [1.807, 2.05) is 13.1 Å². The Morgan fingerprint density at radius 1 is 1.23 bits per heavy atom. The van der Waals surface area contributed by atoms with Crippen LogP contribution in [0.4, 0.5) is 0 Å². The van der Waals surface area contributed by atoms with Gasteiger partial charge in [0.1, 0.15) is 5.84 Å². The van der Waals surface area contributed by atoms with E-state index in [0.717, 1.165) is 54.4 Å². The van der Waals surface area contributed by atoms with Crippen LogP contribution in [0.3, 0.4) is 0 Å². The number of hydrogen-bond acceptors (Lipinski definition) is 4. The minimum Gasteiger partial charge on any atom is -0.393 e. The first-order valence-electron chi connectivity index (χ1n) is 10.9. The van der Waals surface area contributed by atoms with Crippen molar-refractivity contribution in [3.63, 3.8) is 0 Å². The Labute approximate surface area is 184 Å². The summed E-state index contributed by atoms with van der Waals surface area (Å²) in [6, 6.07) is 8.61. The van der Waals surface area contributed by atoms with Gasteiger partial charge in [0.25, 0.3) is 0 Å². The number of amidine groups is 1. The molecule has 0 aliphatic heterocycles. The molecule has 0 radical (unpaired) electrons. The van der Waals surface area contributed by atoms with E-state index in [4.69, 9.17) is 16.1 Å².